The maximum Gasteiger partial charge on any atom is 0.341 e. The van der Waals surface area contributed by atoms with Gasteiger partial charge in [-0.15, -0.1) is 0 Å². The summed E-state index contributed by atoms with van der Waals surface area (Å²) in [4.78, 5) is 25.6. The number of aryl methyl sites for hydroxylation is 1. The molecule has 2 aromatic rings. The highest BCUT2D eigenvalue weighted by Gasteiger charge is 2.35. The van der Waals surface area contributed by atoms with Crippen molar-refractivity contribution in [2.24, 2.45) is 0 Å². The predicted octanol–water partition coefficient (Wildman–Crippen LogP) is 0.784. The van der Waals surface area contributed by atoms with Gasteiger partial charge in [0.05, 0.1) is 6.54 Å². The van der Waals surface area contributed by atoms with E-state index < -0.39 is 5.60 Å². The Morgan fingerprint density at radius 3 is 2.87 bits per heavy atom. The Bertz CT molecular complexity index is 695. The zero-order valence-corrected chi connectivity index (χ0v) is 13.1. The molecule has 23 heavy (non-hydrogen) atoms. The molecule has 1 aliphatic heterocycles. The van der Waals surface area contributed by atoms with E-state index in [1.807, 2.05) is 29.8 Å². The summed E-state index contributed by atoms with van der Waals surface area (Å²) in [6.07, 6.45) is 5.27. The normalized spacial score (nSPS) is 20.7. The van der Waals surface area contributed by atoms with Gasteiger partial charge in [-0.3, -0.25) is 9.40 Å². The molecule has 0 spiro atoms. The van der Waals surface area contributed by atoms with Crippen molar-refractivity contribution < 1.29 is 14.7 Å². The van der Waals surface area contributed by atoms with Gasteiger partial charge in [-0.1, -0.05) is 6.07 Å². The van der Waals surface area contributed by atoms with Crippen LogP contribution in [-0.2, 0) is 11.4 Å². The third kappa shape index (κ3) is 3.49. The second-order valence-electron chi connectivity index (χ2n) is 5.83. The number of aliphatic hydroxyl groups is 1. The van der Waals surface area contributed by atoms with Crippen molar-refractivity contribution >= 4 is 6.03 Å². The summed E-state index contributed by atoms with van der Waals surface area (Å²) in [5.41, 5.74) is -0.130. The Labute approximate surface area is 133 Å². The molecule has 1 atom stereocenters. The average molecular weight is 317 g/mol. The average Bonchev–Trinajstić information content (AvgIpc) is 3.11. The van der Waals surface area contributed by atoms with Crippen molar-refractivity contribution in [1.29, 1.82) is 0 Å². The number of aromatic nitrogens is 3. The van der Waals surface area contributed by atoms with Gasteiger partial charge in [0.2, 0.25) is 0 Å². The number of hydroxylamine groups is 2. The fourth-order valence-corrected chi connectivity index (χ4v) is 2.30. The molecule has 1 aliphatic rings. The van der Waals surface area contributed by atoms with Crippen LogP contribution in [0.2, 0.25) is 0 Å². The highest BCUT2D eigenvalue weighted by atomic mass is 16.7. The number of imidazole rings is 1. The number of β-amino-alcohol motifs (C(OH)–C–C–N with tert-alkyl or cyclic N) is 1. The molecule has 0 aromatic carbocycles. The summed E-state index contributed by atoms with van der Waals surface area (Å²) in [7, 11) is 0. The van der Waals surface area contributed by atoms with E-state index in [0.29, 0.717) is 6.54 Å². The van der Waals surface area contributed by atoms with Gasteiger partial charge in [0, 0.05) is 25.1 Å². The van der Waals surface area contributed by atoms with Crippen LogP contribution in [-0.4, -0.2) is 49.5 Å². The molecule has 1 saturated heterocycles. The van der Waals surface area contributed by atoms with Crippen molar-refractivity contribution in [3.05, 3.63) is 42.1 Å². The lowest BCUT2D eigenvalue weighted by atomic mass is 10.1. The number of amides is 2. The molecule has 122 valence electrons. The molecule has 1 fully saturated rings. The first kappa shape index (κ1) is 15.4. The highest BCUT2D eigenvalue weighted by molar-refractivity contribution is 5.73. The maximum absolute atomic E-state index is 12.0. The fraction of sp³-hybridized carbons (Fsp3) is 0.400. The molecule has 2 aromatic heterocycles. The van der Waals surface area contributed by atoms with E-state index in [-0.39, 0.29) is 19.2 Å². The van der Waals surface area contributed by atoms with Crippen LogP contribution in [0.3, 0.4) is 0 Å². The molecule has 0 radical (unpaired) electrons. The van der Waals surface area contributed by atoms with E-state index in [2.05, 4.69) is 15.3 Å². The molecule has 0 saturated carbocycles. The fourth-order valence-electron chi connectivity index (χ4n) is 2.30. The molecule has 3 rings (SSSR count). The Kier molecular flexibility index (Phi) is 4.01. The van der Waals surface area contributed by atoms with Crippen LogP contribution >= 0.6 is 0 Å². The van der Waals surface area contributed by atoms with Crippen molar-refractivity contribution in [1.82, 2.24) is 24.9 Å². The van der Waals surface area contributed by atoms with E-state index in [1.54, 1.807) is 19.3 Å². The van der Waals surface area contributed by atoms with E-state index in [9.17, 15) is 9.90 Å². The monoisotopic (exact) mass is 317 g/mol. The number of carbonyl (C=O) groups is 1. The third-order valence-corrected chi connectivity index (χ3v) is 3.57. The number of urea groups is 1. The van der Waals surface area contributed by atoms with Gasteiger partial charge in [-0.05, 0) is 25.5 Å². The largest absolute Gasteiger partial charge is 0.386 e. The van der Waals surface area contributed by atoms with Gasteiger partial charge in [0.15, 0.2) is 0 Å². The molecule has 0 bridgehead atoms. The standard InChI is InChI=1S/C15H19N5O3/c1-11-16-5-6-19(11)13-4-3-12(7-17-13)8-18-14(21)20-9-15(2,22)10-23-20/h3-7,22H,8-10H2,1-2H3,(H,18,21). The molecule has 8 nitrogen and oxygen atoms in total. The smallest absolute Gasteiger partial charge is 0.341 e. The summed E-state index contributed by atoms with van der Waals surface area (Å²) in [6.45, 7) is 4.12. The highest BCUT2D eigenvalue weighted by Crippen LogP contribution is 2.16. The summed E-state index contributed by atoms with van der Waals surface area (Å²) in [5, 5.41) is 13.6. The van der Waals surface area contributed by atoms with Gasteiger partial charge in [0.25, 0.3) is 0 Å². The molecular weight excluding hydrogens is 298 g/mol. The molecule has 2 N–H and O–H groups in total. The minimum Gasteiger partial charge on any atom is -0.386 e. The van der Waals surface area contributed by atoms with E-state index in [0.717, 1.165) is 22.3 Å². The Hall–Kier alpha value is -2.45. The van der Waals surface area contributed by atoms with Gasteiger partial charge >= 0.3 is 6.03 Å². The van der Waals surface area contributed by atoms with Gasteiger partial charge in [-0.25, -0.2) is 19.8 Å². The van der Waals surface area contributed by atoms with E-state index in [4.69, 9.17) is 4.84 Å². The molecule has 1 unspecified atom stereocenters. The van der Waals surface area contributed by atoms with Crippen LogP contribution in [0.5, 0.6) is 0 Å². The number of hydrogen-bond donors (Lipinski definition) is 2. The number of carbonyl (C=O) groups excluding carboxylic acids is 1. The van der Waals surface area contributed by atoms with Gasteiger partial charge < -0.3 is 10.4 Å². The minimum atomic E-state index is -0.997. The summed E-state index contributed by atoms with van der Waals surface area (Å²) >= 11 is 0. The van der Waals surface area contributed by atoms with Crippen molar-refractivity contribution in [3.63, 3.8) is 0 Å². The number of nitrogens with zero attached hydrogens (tertiary/aromatic N) is 4. The van der Waals surface area contributed by atoms with Crippen LogP contribution in [0.1, 0.15) is 18.3 Å². The number of hydrogen-bond acceptors (Lipinski definition) is 5. The van der Waals surface area contributed by atoms with Crippen molar-refractivity contribution in [3.8, 4) is 5.82 Å². The molecule has 0 aliphatic carbocycles. The predicted molar refractivity (Wildman–Crippen MR) is 81.6 cm³/mol. The van der Waals surface area contributed by atoms with Crippen LogP contribution < -0.4 is 5.32 Å². The first-order valence-corrected chi connectivity index (χ1v) is 7.30. The van der Waals surface area contributed by atoms with Crippen LogP contribution in [0.15, 0.2) is 30.7 Å². The van der Waals surface area contributed by atoms with Crippen LogP contribution in [0.4, 0.5) is 4.79 Å². The van der Waals surface area contributed by atoms with E-state index in [1.165, 1.54) is 0 Å². The third-order valence-electron chi connectivity index (χ3n) is 3.57. The van der Waals surface area contributed by atoms with Crippen molar-refractivity contribution in [2.45, 2.75) is 26.0 Å². The first-order chi connectivity index (χ1) is 10.9. The maximum atomic E-state index is 12.0. The lowest BCUT2D eigenvalue weighted by Gasteiger charge is -2.16. The number of pyridine rings is 1. The molecule has 2 amide bonds. The molecule has 8 heteroatoms. The lowest BCUT2D eigenvalue weighted by molar-refractivity contribution is -0.0703. The SMILES string of the molecule is Cc1nccn1-c1ccc(CNC(=O)N2CC(C)(O)CO2)cn1. The van der Waals surface area contributed by atoms with Crippen LogP contribution in [0, 0.1) is 6.92 Å². The Morgan fingerprint density at radius 2 is 2.30 bits per heavy atom. The number of rotatable bonds is 3. The second-order valence-corrected chi connectivity index (χ2v) is 5.83. The van der Waals surface area contributed by atoms with Gasteiger partial charge in [0.1, 0.15) is 23.9 Å². The first-order valence-electron chi connectivity index (χ1n) is 7.30. The second kappa shape index (κ2) is 5.98. The molecular formula is C15H19N5O3. The molecule has 3 heterocycles. The topological polar surface area (TPSA) is 92.5 Å². The van der Waals surface area contributed by atoms with E-state index >= 15 is 0 Å². The quantitative estimate of drug-likeness (QED) is 0.873. The Balaban J connectivity index is 1.57. The lowest BCUT2D eigenvalue weighted by Crippen LogP contribution is -2.40. The van der Waals surface area contributed by atoms with Gasteiger partial charge in [-0.2, -0.15) is 0 Å². The summed E-state index contributed by atoms with van der Waals surface area (Å²) < 4.78 is 1.88. The summed E-state index contributed by atoms with van der Waals surface area (Å²) in [5.74, 6) is 1.63. The number of nitrogens with one attached hydrogen (secondary N) is 1. The zero-order valence-electron chi connectivity index (χ0n) is 13.1. The van der Waals surface area contributed by atoms with Crippen LogP contribution in [0.25, 0.3) is 5.82 Å². The summed E-state index contributed by atoms with van der Waals surface area (Å²) in [6, 6.07) is 3.38. The minimum absolute atomic E-state index is 0.112. The Morgan fingerprint density at radius 1 is 1.48 bits per heavy atom. The van der Waals surface area contributed by atoms with Crippen molar-refractivity contribution in [2.75, 3.05) is 13.2 Å². The zero-order chi connectivity index (χ0) is 16.4.